The first-order chi connectivity index (χ1) is 20.5. The van der Waals surface area contributed by atoms with Crippen LogP contribution in [0.2, 0.25) is 5.02 Å². The average Bonchev–Trinajstić information content (AvgIpc) is 3.46. The topological polar surface area (TPSA) is 138 Å². The molecule has 11 nitrogen and oxygen atoms in total. The van der Waals surface area contributed by atoms with Crippen molar-refractivity contribution in [2.45, 2.75) is 57.3 Å². The minimum atomic E-state index is -4.82. The number of aromatic nitrogens is 4. The number of hydrogen-bond acceptors (Lipinski definition) is 9. The fourth-order valence-corrected chi connectivity index (χ4v) is 6.14. The van der Waals surface area contributed by atoms with Crippen LogP contribution in [0.1, 0.15) is 57.5 Å². The number of anilines is 2. The highest BCUT2D eigenvalue weighted by Crippen LogP contribution is 2.43. The van der Waals surface area contributed by atoms with Gasteiger partial charge in [0, 0.05) is 49.8 Å². The predicted molar refractivity (Wildman–Crippen MR) is 147 cm³/mol. The van der Waals surface area contributed by atoms with Crippen LogP contribution < -0.4 is 21.1 Å². The smallest absolute Gasteiger partial charge is 0.416 e. The number of carbonyl (C=O) groups excluding carboxylic acids is 1. The van der Waals surface area contributed by atoms with E-state index in [-0.39, 0.29) is 48.2 Å². The van der Waals surface area contributed by atoms with Gasteiger partial charge in [0.1, 0.15) is 5.82 Å². The lowest BCUT2D eigenvalue weighted by Crippen LogP contribution is -2.32. The summed E-state index contributed by atoms with van der Waals surface area (Å²) in [5.41, 5.74) is 11.0. The Morgan fingerprint density at radius 1 is 1.21 bits per heavy atom. The summed E-state index contributed by atoms with van der Waals surface area (Å²) >= 11 is 6.74. The van der Waals surface area contributed by atoms with Crippen LogP contribution in [0.15, 0.2) is 12.1 Å². The van der Waals surface area contributed by atoms with E-state index in [0.717, 1.165) is 12.1 Å². The number of likely N-dealkylation sites (tertiary alicyclic amines) is 1. The zero-order chi connectivity index (χ0) is 30.6. The van der Waals surface area contributed by atoms with Gasteiger partial charge >= 0.3 is 12.2 Å². The molecule has 230 valence electrons. The van der Waals surface area contributed by atoms with E-state index in [2.05, 4.69) is 15.1 Å². The number of amides is 1. The molecule has 2 aromatic heterocycles. The Balaban J connectivity index is 1.33. The van der Waals surface area contributed by atoms with Gasteiger partial charge in [0.2, 0.25) is 0 Å². The third-order valence-corrected chi connectivity index (χ3v) is 8.42. The van der Waals surface area contributed by atoms with E-state index in [0.29, 0.717) is 61.8 Å². The molecule has 0 saturated carbocycles. The molecule has 2 unspecified atom stereocenters. The van der Waals surface area contributed by atoms with Gasteiger partial charge in [-0.2, -0.15) is 28.2 Å². The number of rotatable bonds is 4. The summed E-state index contributed by atoms with van der Waals surface area (Å²) in [7, 11) is 1.37. The molecule has 1 saturated heterocycles. The highest BCUT2D eigenvalue weighted by atomic mass is 35.5. The van der Waals surface area contributed by atoms with Gasteiger partial charge in [0.15, 0.2) is 11.5 Å². The number of methoxy groups -OCH3 is 1. The molecule has 3 aromatic rings. The number of aryl methyl sites for hydroxylation is 1. The lowest BCUT2D eigenvalue weighted by atomic mass is 9.94. The van der Waals surface area contributed by atoms with Gasteiger partial charge in [-0.1, -0.05) is 11.6 Å². The van der Waals surface area contributed by atoms with E-state index in [4.69, 9.17) is 32.5 Å². The number of hydrogen-bond donors (Lipinski definition) is 2. The molecule has 1 amide bonds. The summed E-state index contributed by atoms with van der Waals surface area (Å²) in [6, 6.07) is 1.54. The molecule has 43 heavy (non-hydrogen) atoms. The van der Waals surface area contributed by atoms with Crippen LogP contribution in [0.5, 0.6) is 6.01 Å². The van der Waals surface area contributed by atoms with Gasteiger partial charge in [-0.15, -0.1) is 0 Å². The van der Waals surface area contributed by atoms with Crippen molar-refractivity contribution in [2.24, 2.45) is 5.73 Å². The zero-order valence-corrected chi connectivity index (χ0v) is 23.9. The first kappa shape index (κ1) is 29.4. The van der Waals surface area contributed by atoms with E-state index < -0.39 is 34.9 Å². The molecule has 3 aliphatic rings. The molecular formula is C27H29ClF4N8O3. The molecule has 0 spiro atoms. The van der Waals surface area contributed by atoms with Crippen molar-refractivity contribution in [1.29, 1.82) is 0 Å². The molecule has 4 N–H and O–H groups in total. The highest BCUT2D eigenvalue weighted by Gasteiger charge is 2.40. The number of nitrogens with zero attached hydrogens (tertiary/aromatic N) is 6. The Morgan fingerprint density at radius 2 is 2.00 bits per heavy atom. The van der Waals surface area contributed by atoms with Crippen molar-refractivity contribution in [2.75, 3.05) is 37.4 Å². The second-order valence-electron chi connectivity index (χ2n) is 10.8. The number of fused-ring (bicyclic) bond motifs is 2. The minimum Gasteiger partial charge on any atom is -0.467 e. The number of benzene rings is 1. The van der Waals surface area contributed by atoms with E-state index >= 15 is 4.39 Å². The maximum absolute atomic E-state index is 15.0. The van der Waals surface area contributed by atoms with Gasteiger partial charge in [-0.25, -0.2) is 4.39 Å². The molecular weight excluding hydrogens is 596 g/mol. The van der Waals surface area contributed by atoms with E-state index in [1.807, 2.05) is 4.90 Å². The van der Waals surface area contributed by atoms with Crippen LogP contribution in [-0.4, -0.2) is 63.3 Å². The van der Waals surface area contributed by atoms with Crippen molar-refractivity contribution in [3.05, 3.63) is 56.7 Å². The number of halogens is 5. The number of alkyl halides is 3. The summed E-state index contributed by atoms with van der Waals surface area (Å²) in [5, 5.41) is 4.76. The number of ether oxygens (including phenoxy) is 2. The number of nitrogens with two attached hydrogens (primary N) is 2. The molecule has 6 rings (SSSR count). The molecule has 16 heteroatoms. The molecule has 5 heterocycles. The van der Waals surface area contributed by atoms with Crippen LogP contribution in [0.3, 0.4) is 0 Å². The lowest BCUT2D eigenvalue weighted by molar-refractivity contribution is -0.140. The second kappa shape index (κ2) is 11.1. The van der Waals surface area contributed by atoms with Crippen molar-refractivity contribution in [3.63, 3.8) is 0 Å². The largest absolute Gasteiger partial charge is 0.467 e. The van der Waals surface area contributed by atoms with Gasteiger partial charge in [0.25, 0.3) is 5.91 Å². The summed E-state index contributed by atoms with van der Waals surface area (Å²) in [4.78, 5) is 25.7. The monoisotopic (exact) mass is 624 g/mol. The van der Waals surface area contributed by atoms with Crippen LogP contribution in [-0.2, 0) is 37.0 Å². The maximum Gasteiger partial charge on any atom is 0.416 e. The van der Waals surface area contributed by atoms with Crippen molar-refractivity contribution >= 4 is 29.0 Å². The van der Waals surface area contributed by atoms with Crippen molar-refractivity contribution < 1.29 is 31.8 Å². The second-order valence-corrected chi connectivity index (χ2v) is 11.2. The Hall–Kier alpha value is -3.69. The Kier molecular flexibility index (Phi) is 7.59. The quantitative estimate of drug-likeness (QED) is 0.330. The van der Waals surface area contributed by atoms with Crippen LogP contribution in [0, 0.1) is 5.82 Å². The van der Waals surface area contributed by atoms with Gasteiger partial charge in [-0.3, -0.25) is 9.48 Å². The zero-order valence-electron chi connectivity index (χ0n) is 23.1. The molecule has 1 fully saturated rings. The van der Waals surface area contributed by atoms with Gasteiger partial charge in [0.05, 0.1) is 54.0 Å². The third kappa shape index (κ3) is 5.33. The lowest BCUT2D eigenvalue weighted by Gasteiger charge is -2.31. The SMILES string of the molecule is COc1nc2c(c(N3CCCn4nc(C(=O)N5CCC(N)C5)c(Cl)c4C3)n1)COC(c1c(C(F)(F)F)ccc(N)c1F)C2. The molecule has 0 aliphatic carbocycles. The van der Waals surface area contributed by atoms with Crippen LogP contribution >= 0.6 is 11.6 Å². The fraction of sp³-hybridized carbons (Fsp3) is 0.481. The Morgan fingerprint density at radius 3 is 2.70 bits per heavy atom. The first-order valence-electron chi connectivity index (χ1n) is 13.7. The molecule has 0 radical (unpaired) electrons. The molecule has 3 aliphatic heterocycles. The molecule has 2 atom stereocenters. The summed E-state index contributed by atoms with van der Waals surface area (Å²) in [5.74, 6) is -1.02. The molecule has 0 bridgehead atoms. The normalized spacial score (nSPS) is 20.5. The summed E-state index contributed by atoms with van der Waals surface area (Å²) in [6.07, 6.45) is -4.96. The fourth-order valence-electron chi connectivity index (χ4n) is 5.86. The summed E-state index contributed by atoms with van der Waals surface area (Å²) in [6.45, 7) is 2.02. The number of carbonyl (C=O) groups is 1. The predicted octanol–water partition coefficient (Wildman–Crippen LogP) is 3.47. The van der Waals surface area contributed by atoms with E-state index in [9.17, 15) is 18.0 Å². The standard InChI is InChI=1S/C27H29ClF4N8O3/c1-42-26-35-17-9-19(20-15(27(30,31)32)3-4-16(34)22(20)29)43-12-14(17)24(36-26)38-6-2-7-40-18(11-38)21(28)23(37-40)25(41)39-8-5-13(33)10-39/h3-4,13,19H,2,5-12,33-34H2,1H3. The van der Waals surface area contributed by atoms with Gasteiger partial charge < -0.3 is 30.7 Å². The third-order valence-electron chi connectivity index (χ3n) is 8.02. The highest BCUT2D eigenvalue weighted by molar-refractivity contribution is 6.34. The van der Waals surface area contributed by atoms with Crippen molar-refractivity contribution in [1.82, 2.24) is 24.6 Å². The number of nitrogen functional groups attached to an aromatic ring is 1. The average molecular weight is 625 g/mol. The maximum atomic E-state index is 15.0. The first-order valence-corrected chi connectivity index (χ1v) is 14.1. The Labute approximate surface area is 248 Å². The Bertz CT molecular complexity index is 1580. The minimum absolute atomic E-state index is 0.0106. The van der Waals surface area contributed by atoms with Crippen LogP contribution in [0.25, 0.3) is 0 Å². The van der Waals surface area contributed by atoms with Crippen LogP contribution in [0.4, 0.5) is 29.1 Å². The van der Waals surface area contributed by atoms with E-state index in [1.54, 1.807) is 9.58 Å². The van der Waals surface area contributed by atoms with Gasteiger partial charge in [-0.05, 0) is 25.0 Å². The van der Waals surface area contributed by atoms with Crippen molar-refractivity contribution in [3.8, 4) is 6.01 Å². The van der Waals surface area contributed by atoms with E-state index in [1.165, 1.54) is 7.11 Å². The molecule has 1 aromatic carbocycles. The summed E-state index contributed by atoms with van der Waals surface area (Å²) < 4.78 is 69.4.